The van der Waals surface area contributed by atoms with E-state index in [4.69, 9.17) is 4.74 Å². The molecule has 1 fully saturated rings. The first-order valence-electron chi connectivity index (χ1n) is 7.13. The maximum Gasteiger partial charge on any atom is 0.0604 e. The standard InChI is InChI=1S/C16H25NO/c1-4-18-15-10-14(11-15)17-16(12(2)3)13-8-6-5-7-9-13/h5-9,12,14-17H,4,10-11H2,1-3H3. The van der Waals surface area contributed by atoms with Gasteiger partial charge in [0.25, 0.3) is 0 Å². The number of rotatable bonds is 6. The van der Waals surface area contributed by atoms with E-state index in [1.54, 1.807) is 0 Å². The Kier molecular flexibility index (Phi) is 4.79. The smallest absolute Gasteiger partial charge is 0.0604 e. The maximum absolute atomic E-state index is 5.62. The van der Waals surface area contributed by atoms with Crippen molar-refractivity contribution in [3.8, 4) is 0 Å². The molecule has 2 nitrogen and oxygen atoms in total. The monoisotopic (exact) mass is 247 g/mol. The van der Waals surface area contributed by atoms with Gasteiger partial charge in [0.2, 0.25) is 0 Å². The van der Waals surface area contributed by atoms with Gasteiger partial charge in [-0.15, -0.1) is 0 Å². The van der Waals surface area contributed by atoms with Crippen LogP contribution < -0.4 is 5.32 Å². The summed E-state index contributed by atoms with van der Waals surface area (Å²) in [4.78, 5) is 0. The van der Waals surface area contributed by atoms with Crippen molar-refractivity contribution in [1.29, 1.82) is 0 Å². The molecule has 18 heavy (non-hydrogen) atoms. The summed E-state index contributed by atoms with van der Waals surface area (Å²) in [6, 6.07) is 11.8. The van der Waals surface area contributed by atoms with E-state index in [0.29, 0.717) is 24.1 Å². The molecule has 1 atom stereocenters. The fourth-order valence-corrected chi connectivity index (χ4v) is 2.66. The first-order chi connectivity index (χ1) is 8.70. The van der Waals surface area contributed by atoms with Crippen LogP contribution in [0.15, 0.2) is 30.3 Å². The van der Waals surface area contributed by atoms with E-state index in [2.05, 4.69) is 56.4 Å². The lowest BCUT2D eigenvalue weighted by atomic mass is 9.86. The van der Waals surface area contributed by atoms with Gasteiger partial charge < -0.3 is 10.1 Å². The highest BCUT2D eigenvalue weighted by Crippen LogP contribution is 2.29. The minimum absolute atomic E-state index is 0.457. The molecule has 0 heterocycles. The van der Waals surface area contributed by atoms with Crippen LogP contribution in [0.3, 0.4) is 0 Å². The van der Waals surface area contributed by atoms with Gasteiger partial charge in [0.15, 0.2) is 0 Å². The van der Waals surface area contributed by atoms with Crippen LogP contribution in [0.2, 0.25) is 0 Å². The van der Waals surface area contributed by atoms with E-state index >= 15 is 0 Å². The van der Waals surface area contributed by atoms with Gasteiger partial charge in [0, 0.05) is 18.7 Å². The lowest BCUT2D eigenvalue weighted by Crippen LogP contribution is -2.47. The van der Waals surface area contributed by atoms with E-state index in [9.17, 15) is 0 Å². The van der Waals surface area contributed by atoms with E-state index < -0.39 is 0 Å². The Bertz CT molecular complexity index is 343. The topological polar surface area (TPSA) is 21.3 Å². The second kappa shape index (κ2) is 6.35. The summed E-state index contributed by atoms with van der Waals surface area (Å²) in [5.74, 6) is 0.610. The molecule has 1 N–H and O–H groups in total. The Balaban J connectivity index is 1.89. The van der Waals surface area contributed by atoms with Crippen molar-refractivity contribution < 1.29 is 4.74 Å². The highest BCUT2D eigenvalue weighted by Gasteiger charge is 2.31. The van der Waals surface area contributed by atoms with Crippen molar-refractivity contribution in [1.82, 2.24) is 5.32 Å². The quantitative estimate of drug-likeness (QED) is 0.830. The van der Waals surface area contributed by atoms with Gasteiger partial charge in [-0.2, -0.15) is 0 Å². The summed E-state index contributed by atoms with van der Waals surface area (Å²) in [7, 11) is 0. The fourth-order valence-electron chi connectivity index (χ4n) is 2.66. The molecule has 100 valence electrons. The third kappa shape index (κ3) is 3.33. The second-order valence-corrected chi connectivity index (χ2v) is 5.54. The maximum atomic E-state index is 5.62. The highest BCUT2D eigenvalue weighted by molar-refractivity contribution is 5.19. The number of nitrogens with one attached hydrogen (secondary N) is 1. The fraction of sp³-hybridized carbons (Fsp3) is 0.625. The molecule has 1 aromatic carbocycles. The number of hydrogen-bond donors (Lipinski definition) is 1. The molecule has 0 spiro atoms. The molecule has 1 aliphatic rings. The zero-order chi connectivity index (χ0) is 13.0. The zero-order valence-electron chi connectivity index (χ0n) is 11.7. The van der Waals surface area contributed by atoms with Gasteiger partial charge >= 0.3 is 0 Å². The van der Waals surface area contributed by atoms with Crippen molar-refractivity contribution in [3.05, 3.63) is 35.9 Å². The van der Waals surface area contributed by atoms with Crippen molar-refractivity contribution >= 4 is 0 Å². The van der Waals surface area contributed by atoms with Gasteiger partial charge in [-0.3, -0.25) is 0 Å². The van der Waals surface area contributed by atoms with Crippen LogP contribution in [0.25, 0.3) is 0 Å². The van der Waals surface area contributed by atoms with Crippen molar-refractivity contribution in [3.63, 3.8) is 0 Å². The van der Waals surface area contributed by atoms with E-state index in [1.165, 1.54) is 5.56 Å². The minimum atomic E-state index is 0.457. The van der Waals surface area contributed by atoms with Gasteiger partial charge in [-0.1, -0.05) is 44.2 Å². The SMILES string of the molecule is CCOC1CC(NC(c2ccccc2)C(C)C)C1. The molecular formula is C16H25NO. The predicted octanol–water partition coefficient (Wildman–Crippen LogP) is 3.54. The highest BCUT2D eigenvalue weighted by atomic mass is 16.5. The number of ether oxygens (including phenoxy) is 1. The molecule has 1 unspecified atom stereocenters. The third-order valence-corrected chi connectivity index (χ3v) is 3.74. The molecule has 2 rings (SSSR count). The summed E-state index contributed by atoms with van der Waals surface area (Å²) in [6.07, 6.45) is 2.80. The van der Waals surface area contributed by atoms with E-state index in [0.717, 1.165) is 19.4 Å². The Labute approximate surface area is 111 Å². The zero-order valence-corrected chi connectivity index (χ0v) is 11.7. The van der Waals surface area contributed by atoms with Gasteiger partial charge in [-0.25, -0.2) is 0 Å². The third-order valence-electron chi connectivity index (χ3n) is 3.74. The van der Waals surface area contributed by atoms with Crippen LogP contribution in [0.1, 0.15) is 45.2 Å². The first-order valence-corrected chi connectivity index (χ1v) is 7.13. The molecule has 0 aliphatic heterocycles. The Hall–Kier alpha value is -0.860. The van der Waals surface area contributed by atoms with E-state index in [1.807, 2.05) is 0 Å². The minimum Gasteiger partial charge on any atom is -0.378 e. The van der Waals surface area contributed by atoms with Crippen molar-refractivity contribution in [2.24, 2.45) is 5.92 Å². The average Bonchev–Trinajstić information content (AvgIpc) is 2.32. The predicted molar refractivity (Wildman–Crippen MR) is 75.6 cm³/mol. The molecule has 1 aliphatic carbocycles. The number of hydrogen-bond acceptors (Lipinski definition) is 2. The normalized spacial score (nSPS) is 24.9. The van der Waals surface area contributed by atoms with Crippen LogP contribution >= 0.6 is 0 Å². The van der Waals surface area contributed by atoms with Crippen LogP contribution in [0, 0.1) is 5.92 Å². The molecule has 1 aromatic rings. The lowest BCUT2D eigenvalue weighted by Gasteiger charge is -2.39. The Morgan fingerprint density at radius 2 is 1.89 bits per heavy atom. The van der Waals surface area contributed by atoms with Crippen LogP contribution in [-0.4, -0.2) is 18.8 Å². The summed E-state index contributed by atoms with van der Waals surface area (Å²) in [5, 5.41) is 3.78. The van der Waals surface area contributed by atoms with Crippen LogP contribution in [0.5, 0.6) is 0 Å². The molecule has 2 heteroatoms. The molecule has 0 bridgehead atoms. The van der Waals surface area contributed by atoms with Gasteiger partial charge in [-0.05, 0) is 31.2 Å². The lowest BCUT2D eigenvalue weighted by molar-refractivity contribution is -0.0138. The summed E-state index contributed by atoms with van der Waals surface area (Å²) >= 11 is 0. The molecule has 0 amide bonds. The summed E-state index contributed by atoms with van der Waals surface area (Å²) < 4.78 is 5.62. The van der Waals surface area contributed by atoms with Gasteiger partial charge in [0.1, 0.15) is 0 Å². The second-order valence-electron chi connectivity index (χ2n) is 5.54. The Morgan fingerprint density at radius 3 is 2.44 bits per heavy atom. The van der Waals surface area contributed by atoms with Gasteiger partial charge in [0.05, 0.1) is 6.10 Å². The van der Waals surface area contributed by atoms with Crippen molar-refractivity contribution in [2.75, 3.05) is 6.61 Å². The average molecular weight is 247 g/mol. The molecule has 0 aromatic heterocycles. The first kappa shape index (κ1) is 13.6. The molecule has 0 saturated heterocycles. The Morgan fingerprint density at radius 1 is 1.22 bits per heavy atom. The molecular weight excluding hydrogens is 222 g/mol. The molecule has 0 radical (unpaired) electrons. The van der Waals surface area contributed by atoms with Crippen molar-refractivity contribution in [2.45, 2.75) is 51.8 Å². The van der Waals surface area contributed by atoms with Crippen LogP contribution in [-0.2, 0) is 4.74 Å². The summed E-state index contributed by atoms with van der Waals surface area (Å²) in [6.45, 7) is 7.47. The van der Waals surface area contributed by atoms with E-state index in [-0.39, 0.29) is 0 Å². The molecule has 1 saturated carbocycles. The summed E-state index contributed by atoms with van der Waals surface area (Å²) in [5.41, 5.74) is 1.40. The van der Waals surface area contributed by atoms with Crippen LogP contribution in [0.4, 0.5) is 0 Å². The largest absolute Gasteiger partial charge is 0.378 e. The number of benzene rings is 1.